The van der Waals surface area contributed by atoms with Crippen LogP contribution in [-0.2, 0) is 14.8 Å². The van der Waals surface area contributed by atoms with Gasteiger partial charge in [-0.05, 0) is 68.4 Å². The van der Waals surface area contributed by atoms with Gasteiger partial charge >= 0.3 is 0 Å². The number of anilines is 1. The number of nitrogens with one attached hydrogen (secondary N) is 1. The zero-order valence-corrected chi connectivity index (χ0v) is 23.5. The number of amides is 1. The summed E-state index contributed by atoms with van der Waals surface area (Å²) in [6.07, 6.45) is 1.55. The molecule has 3 aromatic carbocycles. The molecule has 0 saturated heterocycles. The summed E-state index contributed by atoms with van der Waals surface area (Å²) in [4.78, 5) is 13.0. The fourth-order valence-corrected chi connectivity index (χ4v) is 5.82. The number of carbonyl (C=O) groups excluding carboxylic acids is 1. The Bertz CT molecular complexity index is 1570. The third-order valence-corrected chi connectivity index (χ3v) is 8.22. The largest absolute Gasteiger partial charge is 0.495 e. The number of methoxy groups -OCH3 is 1. The molecule has 0 saturated carbocycles. The Morgan fingerprint density at radius 2 is 1.68 bits per heavy atom. The average Bonchev–Trinajstić information content (AvgIpc) is 3.20. The maximum Gasteiger partial charge on any atom is 0.264 e. The number of nitrogens with zero attached hydrogens (tertiary/aromatic N) is 3. The van der Waals surface area contributed by atoms with Crippen LogP contribution in [0.15, 0.2) is 99.4 Å². The fraction of sp³-hybridized carbons (Fsp3) is 0.143. The van der Waals surface area contributed by atoms with E-state index in [1.54, 1.807) is 48.7 Å². The first-order chi connectivity index (χ1) is 18.2. The molecule has 1 N–H and O–H groups in total. The van der Waals surface area contributed by atoms with Gasteiger partial charge in [0.05, 0.1) is 23.9 Å². The first kappa shape index (κ1) is 27.2. The molecular formula is C28H27BrN4O4S. The lowest BCUT2D eigenvalue weighted by Crippen LogP contribution is -2.39. The van der Waals surface area contributed by atoms with Gasteiger partial charge in [-0.25, -0.2) is 13.8 Å². The predicted octanol–water partition coefficient (Wildman–Crippen LogP) is 5.21. The van der Waals surface area contributed by atoms with Gasteiger partial charge in [0.15, 0.2) is 0 Å². The van der Waals surface area contributed by atoms with Crippen molar-refractivity contribution in [3.63, 3.8) is 0 Å². The van der Waals surface area contributed by atoms with E-state index in [-0.39, 0.29) is 10.6 Å². The summed E-state index contributed by atoms with van der Waals surface area (Å²) in [5, 5.41) is 4.11. The SMILES string of the molecule is COc1ccccc1N(CC(=O)N/N=C\c1cc(C)n(-c2ccc(Br)cc2)c1C)S(=O)(=O)c1ccccc1. The van der Waals surface area contributed by atoms with Crippen LogP contribution < -0.4 is 14.5 Å². The first-order valence-corrected chi connectivity index (χ1v) is 13.9. The first-order valence-electron chi connectivity index (χ1n) is 11.7. The molecule has 1 amide bonds. The van der Waals surface area contributed by atoms with E-state index in [0.717, 1.165) is 31.4 Å². The van der Waals surface area contributed by atoms with E-state index in [2.05, 4.69) is 31.0 Å². The second kappa shape index (κ2) is 11.7. The van der Waals surface area contributed by atoms with Gasteiger partial charge in [0.25, 0.3) is 15.9 Å². The molecule has 196 valence electrons. The number of hydrogen-bond acceptors (Lipinski definition) is 5. The minimum atomic E-state index is -4.07. The highest BCUT2D eigenvalue weighted by molar-refractivity contribution is 9.10. The normalized spacial score (nSPS) is 11.5. The molecule has 10 heteroatoms. The van der Waals surface area contributed by atoms with Crippen LogP contribution in [0.3, 0.4) is 0 Å². The maximum absolute atomic E-state index is 13.5. The third kappa shape index (κ3) is 5.81. The minimum Gasteiger partial charge on any atom is -0.495 e. The van der Waals surface area contributed by atoms with Gasteiger partial charge < -0.3 is 9.30 Å². The van der Waals surface area contributed by atoms with Crippen molar-refractivity contribution in [1.82, 2.24) is 9.99 Å². The number of hydrazone groups is 1. The lowest BCUT2D eigenvalue weighted by atomic mass is 10.2. The molecule has 1 aromatic heterocycles. The van der Waals surface area contributed by atoms with Crippen molar-refractivity contribution in [1.29, 1.82) is 0 Å². The van der Waals surface area contributed by atoms with E-state index in [9.17, 15) is 13.2 Å². The van der Waals surface area contributed by atoms with Crippen molar-refractivity contribution in [2.75, 3.05) is 18.0 Å². The number of sulfonamides is 1. The summed E-state index contributed by atoms with van der Waals surface area (Å²) in [6.45, 7) is 3.46. The molecule has 0 aliphatic rings. The Morgan fingerprint density at radius 3 is 2.37 bits per heavy atom. The molecule has 8 nitrogen and oxygen atoms in total. The van der Waals surface area contributed by atoms with Crippen LogP contribution in [0.4, 0.5) is 5.69 Å². The number of carbonyl (C=O) groups is 1. The van der Waals surface area contributed by atoms with Crippen molar-refractivity contribution in [3.05, 3.63) is 106 Å². The number of ether oxygens (including phenoxy) is 1. The number of hydrogen-bond donors (Lipinski definition) is 1. The van der Waals surface area contributed by atoms with Crippen molar-refractivity contribution in [3.8, 4) is 11.4 Å². The molecule has 0 aliphatic carbocycles. The van der Waals surface area contributed by atoms with E-state index >= 15 is 0 Å². The van der Waals surface area contributed by atoms with E-state index in [1.807, 2.05) is 44.2 Å². The molecule has 0 radical (unpaired) electrons. The van der Waals surface area contributed by atoms with E-state index < -0.39 is 22.5 Å². The zero-order chi connectivity index (χ0) is 27.3. The van der Waals surface area contributed by atoms with Crippen molar-refractivity contribution in [2.45, 2.75) is 18.7 Å². The summed E-state index contributed by atoms with van der Waals surface area (Å²) < 4.78 is 36.5. The minimum absolute atomic E-state index is 0.0580. The summed E-state index contributed by atoms with van der Waals surface area (Å²) in [7, 11) is -2.62. The number of benzene rings is 3. The summed E-state index contributed by atoms with van der Waals surface area (Å²) in [5.74, 6) is -0.280. The van der Waals surface area contributed by atoms with Gasteiger partial charge in [-0.1, -0.05) is 46.3 Å². The second-order valence-electron chi connectivity index (χ2n) is 8.43. The van der Waals surface area contributed by atoms with Gasteiger partial charge in [-0.2, -0.15) is 5.10 Å². The van der Waals surface area contributed by atoms with Crippen LogP contribution in [0.1, 0.15) is 17.0 Å². The number of rotatable bonds is 9. The number of aryl methyl sites for hydroxylation is 1. The molecule has 0 aliphatic heterocycles. The van der Waals surface area contributed by atoms with Gasteiger partial charge in [-0.3, -0.25) is 9.10 Å². The molecule has 38 heavy (non-hydrogen) atoms. The standard InChI is InChI=1S/C28H27BrN4O4S/c1-20-17-22(21(2)33(20)24-15-13-23(29)14-16-24)18-30-31-28(34)19-32(26-11-7-8-12-27(26)37-3)38(35,36)25-9-5-4-6-10-25/h4-18H,19H2,1-3H3,(H,31,34)/b30-18-. The summed E-state index contributed by atoms with van der Waals surface area (Å²) in [6, 6.07) is 24.5. The molecule has 0 spiro atoms. The van der Waals surface area contributed by atoms with Crippen LogP contribution in [0.2, 0.25) is 0 Å². The van der Waals surface area contributed by atoms with Crippen molar-refractivity contribution in [2.24, 2.45) is 5.10 Å². The average molecular weight is 596 g/mol. The molecule has 0 unspecified atom stereocenters. The Hall–Kier alpha value is -3.89. The quantitative estimate of drug-likeness (QED) is 0.213. The van der Waals surface area contributed by atoms with Crippen LogP contribution >= 0.6 is 15.9 Å². The maximum atomic E-state index is 13.5. The monoisotopic (exact) mass is 594 g/mol. The third-order valence-electron chi connectivity index (χ3n) is 5.92. The van der Waals surface area contributed by atoms with E-state index in [1.165, 1.54) is 19.2 Å². The lowest BCUT2D eigenvalue weighted by Gasteiger charge is -2.25. The Morgan fingerprint density at radius 1 is 1.03 bits per heavy atom. The highest BCUT2D eigenvalue weighted by atomic mass is 79.9. The molecule has 4 aromatic rings. The predicted molar refractivity (Wildman–Crippen MR) is 153 cm³/mol. The Balaban J connectivity index is 1.57. The summed E-state index contributed by atoms with van der Waals surface area (Å²) >= 11 is 3.45. The molecule has 1 heterocycles. The van der Waals surface area contributed by atoms with E-state index in [4.69, 9.17) is 4.74 Å². The van der Waals surface area contributed by atoms with Crippen LogP contribution in [0.5, 0.6) is 5.75 Å². The number of aromatic nitrogens is 1. The van der Waals surface area contributed by atoms with Crippen molar-refractivity contribution >= 4 is 43.8 Å². The van der Waals surface area contributed by atoms with Gasteiger partial charge in [0.2, 0.25) is 0 Å². The van der Waals surface area contributed by atoms with Crippen LogP contribution in [-0.4, -0.2) is 38.8 Å². The van der Waals surface area contributed by atoms with Gasteiger partial charge in [0.1, 0.15) is 12.3 Å². The zero-order valence-electron chi connectivity index (χ0n) is 21.1. The number of halogens is 1. The van der Waals surface area contributed by atoms with E-state index in [0.29, 0.717) is 5.75 Å². The van der Waals surface area contributed by atoms with Crippen molar-refractivity contribution < 1.29 is 17.9 Å². The van der Waals surface area contributed by atoms with Crippen LogP contribution in [0, 0.1) is 13.8 Å². The molecule has 4 rings (SSSR count). The highest BCUT2D eigenvalue weighted by Crippen LogP contribution is 2.32. The highest BCUT2D eigenvalue weighted by Gasteiger charge is 2.29. The fourth-order valence-electron chi connectivity index (χ4n) is 4.10. The lowest BCUT2D eigenvalue weighted by molar-refractivity contribution is -0.119. The molecule has 0 bridgehead atoms. The van der Waals surface area contributed by atoms with Gasteiger partial charge in [0, 0.05) is 27.1 Å². The molecule has 0 fully saturated rings. The molecule has 0 atom stereocenters. The van der Waals surface area contributed by atoms with Gasteiger partial charge in [-0.15, -0.1) is 0 Å². The second-order valence-corrected chi connectivity index (χ2v) is 11.2. The smallest absolute Gasteiger partial charge is 0.264 e. The Labute approximate surface area is 230 Å². The van der Waals surface area contributed by atoms with Crippen LogP contribution in [0.25, 0.3) is 5.69 Å². The summed E-state index contributed by atoms with van der Waals surface area (Å²) in [5.41, 5.74) is 6.50. The topological polar surface area (TPSA) is 93.0 Å². The molecular weight excluding hydrogens is 568 g/mol. The Kier molecular flexibility index (Phi) is 8.33. The number of para-hydroxylation sites is 2.